The summed E-state index contributed by atoms with van der Waals surface area (Å²) in [5.74, 6) is 0.105. The molecular formula is C15H16N2OS. The van der Waals surface area contributed by atoms with E-state index in [1.807, 2.05) is 10.3 Å². The molecule has 1 amide bonds. The van der Waals surface area contributed by atoms with Crippen molar-refractivity contribution in [3.05, 3.63) is 52.2 Å². The van der Waals surface area contributed by atoms with Gasteiger partial charge in [0.1, 0.15) is 0 Å². The quantitative estimate of drug-likeness (QED) is 0.869. The minimum absolute atomic E-state index is 0.105. The van der Waals surface area contributed by atoms with Crippen LogP contribution < -0.4 is 5.73 Å². The van der Waals surface area contributed by atoms with Gasteiger partial charge in [0.05, 0.1) is 0 Å². The molecule has 1 aliphatic rings. The molecule has 4 heteroatoms. The predicted molar refractivity (Wildman–Crippen MR) is 78.1 cm³/mol. The molecule has 0 spiro atoms. The van der Waals surface area contributed by atoms with Crippen LogP contribution in [0.2, 0.25) is 0 Å². The summed E-state index contributed by atoms with van der Waals surface area (Å²) < 4.78 is 0. The maximum Gasteiger partial charge on any atom is 0.254 e. The molecule has 0 radical (unpaired) electrons. The molecule has 1 fully saturated rings. The highest BCUT2D eigenvalue weighted by atomic mass is 32.1. The average molecular weight is 272 g/mol. The van der Waals surface area contributed by atoms with E-state index in [0.717, 1.165) is 18.4 Å². The van der Waals surface area contributed by atoms with Gasteiger partial charge in [0.15, 0.2) is 0 Å². The van der Waals surface area contributed by atoms with Crippen LogP contribution in [0.15, 0.2) is 41.1 Å². The number of carbonyl (C=O) groups is 1. The number of benzene rings is 1. The Kier molecular flexibility index (Phi) is 3.25. The zero-order valence-electron chi connectivity index (χ0n) is 10.6. The van der Waals surface area contributed by atoms with Crippen LogP contribution >= 0.6 is 11.3 Å². The van der Waals surface area contributed by atoms with Crippen molar-refractivity contribution >= 4 is 22.9 Å². The second-order valence-electron chi connectivity index (χ2n) is 4.92. The molecule has 2 N–H and O–H groups in total. The van der Waals surface area contributed by atoms with Crippen molar-refractivity contribution in [2.24, 2.45) is 0 Å². The van der Waals surface area contributed by atoms with Crippen LogP contribution in [0, 0.1) is 0 Å². The van der Waals surface area contributed by atoms with Gasteiger partial charge in [-0.3, -0.25) is 4.79 Å². The number of anilines is 1. The van der Waals surface area contributed by atoms with E-state index >= 15 is 0 Å². The normalized spacial score (nSPS) is 14.3. The third-order valence-corrected chi connectivity index (χ3v) is 4.07. The van der Waals surface area contributed by atoms with E-state index in [2.05, 4.69) is 11.4 Å². The highest BCUT2D eigenvalue weighted by molar-refractivity contribution is 7.07. The SMILES string of the molecule is Nc1ccc(C(=O)N(Cc2ccsc2)C2CC2)cc1. The van der Waals surface area contributed by atoms with Crippen LogP contribution in [-0.2, 0) is 6.54 Å². The molecule has 2 aromatic rings. The van der Waals surface area contributed by atoms with Crippen LogP contribution in [0.1, 0.15) is 28.8 Å². The van der Waals surface area contributed by atoms with Gasteiger partial charge in [-0.05, 0) is 59.5 Å². The summed E-state index contributed by atoms with van der Waals surface area (Å²) in [5.41, 5.74) is 8.28. The highest BCUT2D eigenvalue weighted by Gasteiger charge is 2.33. The minimum Gasteiger partial charge on any atom is -0.399 e. The summed E-state index contributed by atoms with van der Waals surface area (Å²) in [7, 11) is 0. The monoisotopic (exact) mass is 272 g/mol. The summed E-state index contributed by atoms with van der Waals surface area (Å²) in [6, 6.07) is 9.66. The van der Waals surface area contributed by atoms with Gasteiger partial charge in [-0.2, -0.15) is 11.3 Å². The van der Waals surface area contributed by atoms with E-state index in [4.69, 9.17) is 5.73 Å². The molecule has 19 heavy (non-hydrogen) atoms. The topological polar surface area (TPSA) is 46.3 Å². The van der Waals surface area contributed by atoms with Crippen molar-refractivity contribution in [1.29, 1.82) is 0 Å². The van der Waals surface area contributed by atoms with E-state index in [9.17, 15) is 4.79 Å². The number of nitrogens with two attached hydrogens (primary N) is 1. The number of thiophene rings is 1. The predicted octanol–water partition coefficient (Wildman–Crippen LogP) is 3.14. The van der Waals surface area contributed by atoms with Crippen molar-refractivity contribution in [2.75, 3.05) is 5.73 Å². The molecule has 1 aromatic heterocycles. The van der Waals surface area contributed by atoms with Crippen molar-refractivity contribution in [3.8, 4) is 0 Å². The van der Waals surface area contributed by atoms with Crippen LogP contribution in [0.5, 0.6) is 0 Å². The van der Waals surface area contributed by atoms with E-state index in [-0.39, 0.29) is 5.91 Å². The smallest absolute Gasteiger partial charge is 0.254 e. The Morgan fingerprint density at radius 1 is 1.26 bits per heavy atom. The van der Waals surface area contributed by atoms with Crippen molar-refractivity contribution in [3.63, 3.8) is 0 Å². The molecule has 0 bridgehead atoms. The summed E-state index contributed by atoms with van der Waals surface area (Å²) >= 11 is 1.67. The summed E-state index contributed by atoms with van der Waals surface area (Å²) in [6.07, 6.45) is 2.23. The van der Waals surface area contributed by atoms with E-state index in [1.54, 1.807) is 35.6 Å². The molecule has 3 rings (SSSR count). The third-order valence-electron chi connectivity index (χ3n) is 3.34. The molecule has 0 atom stereocenters. The number of nitrogens with zero attached hydrogens (tertiary/aromatic N) is 1. The molecule has 1 heterocycles. The van der Waals surface area contributed by atoms with Gasteiger partial charge in [-0.15, -0.1) is 0 Å². The molecule has 0 aliphatic heterocycles. The van der Waals surface area contributed by atoms with Crippen molar-refractivity contribution in [1.82, 2.24) is 4.90 Å². The molecule has 0 saturated heterocycles. The van der Waals surface area contributed by atoms with Crippen molar-refractivity contribution < 1.29 is 4.79 Å². The second-order valence-corrected chi connectivity index (χ2v) is 5.70. The van der Waals surface area contributed by atoms with Crippen molar-refractivity contribution in [2.45, 2.75) is 25.4 Å². The third kappa shape index (κ3) is 2.79. The fourth-order valence-electron chi connectivity index (χ4n) is 2.12. The van der Waals surface area contributed by atoms with Gasteiger partial charge in [-0.1, -0.05) is 0 Å². The van der Waals surface area contributed by atoms with Crippen LogP contribution in [0.3, 0.4) is 0 Å². The standard InChI is InChI=1S/C15H16N2OS/c16-13-3-1-12(2-4-13)15(18)17(14-5-6-14)9-11-7-8-19-10-11/h1-4,7-8,10,14H,5-6,9,16H2. The number of carbonyl (C=O) groups excluding carboxylic acids is 1. The van der Waals surface area contributed by atoms with E-state index in [0.29, 0.717) is 18.3 Å². The minimum atomic E-state index is 0.105. The lowest BCUT2D eigenvalue weighted by Gasteiger charge is -2.22. The summed E-state index contributed by atoms with van der Waals surface area (Å²) in [4.78, 5) is 14.5. The molecule has 1 aliphatic carbocycles. The van der Waals surface area contributed by atoms with Crippen LogP contribution in [-0.4, -0.2) is 16.8 Å². The van der Waals surface area contributed by atoms with E-state index in [1.165, 1.54) is 5.56 Å². The van der Waals surface area contributed by atoms with Gasteiger partial charge >= 0.3 is 0 Å². The van der Waals surface area contributed by atoms with E-state index < -0.39 is 0 Å². The molecule has 0 unspecified atom stereocenters. The second kappa shape index (κ2) is 5.05. The molecular weight excluding hydrogens is 256 g/mol. The Bertz CT molecular complexity index is 558. The summed E-state index contributed by atoms with van der Waals surface area (Å²) in [6.45, 7) is 0.706. The Morgan fingerprint density at radius 2 is 2.00 bits per heavy atom. The van der Waals surface area contributed by atoms with Crippen LogP contribution in [0.4, 0.5) is 5.69 Å². The Morgan fingerprint density at radius 3 is 2.58 bits per heavy atom. The lowest BCUT2D eigenvalue weighted by atomic mass is 10.1. The first-order valence-electron chi connectivity index (χ1n) is 6.41. The van der Waals surface area contributed by atoms with Gasteiger partial charge < -0.3 is 10.6 Å². The van der Waals surface area contributed by atoms with Gasteiger partial charge in [0.2, 0.25) is 0 Å². The largest absolute Gasteiger partial charge is 0.399 e. The van der Waals surface area contributed by atoms with Gasteiger partial charge in [-0.25, -0.2) is 0 Å². The summed E-state index contributed by atoms with van der Waals surface area (Å²) in [5, 5.41) is 4.15. The molecule has 3 nitrogen and oxygen atoms in total. The fourth-order valence-corrected chi connectivity index (χ4v) is 2.78. The number of amides is 1. The zero-order chi connectivity index (χ0) is 13.2. The lowest BCUT2D eigenvalue weighted by Crippen LogP contribution is -2.32. The maximum absolute atomic E-state index is 12.6. The molecule has 1 aromatic carbocycles. The molecule has 98 valence electrons. The zero-order valence-corrected chi connectivity index (χ0v) is 11.4. The highest BCUT2D eigenvalue weighted by Crippen LogP contribution is 2.30. The number of hydrogen-bond donors (Lipinski definition) is 1. The maximum atomic E-state index is 12.6. The number of hydrogen-bond acceptors (Lipinski definition) is 3. The first-order valence-corrected chi connectivity index (χ1v) is 7.36. The molecule has 1 saturated carbocycles. The van der Waals surface area contributed by atoms with Crippen LogP contribution in [0.25, 0.3) is 0 Å². The lowest BCUT2D eigenvalue weighted by molar-refractivity contribution is 0.0730. The number of nitrogen functional groups attached to an aromatic ring is 1. The van der Waals surface area contributed by atoms with Gasteiger partial charge in [0, 0.05) is 23.8 Å². The average Bonchev–Trinajstić information content (AvgIpc) is 3.13. The first kappa shape index (κ1) is 12.2. The Labute approximate surface area is 116 Å². The number of rotatable bonds is 4. The van der Waals surface area contributed by atoms with Gasteiger partial charge in [0.25, 0.3) is 5.91 Å². The Balaban J connectivity index is 1.79. The first-order chi connectivity index (χ1) is 9.24. The fraction of sp³-hybridized carbons (Fsp3) is 0.267. The Hall–Kier alpha value is -1.81.